The van der Waals surface area contributed by atoms with Crippen molar-refractivity contribution >= 4 is 15.9 Å². The molecule has 110 valence electrons. The summed E-state index contributed by atoms with van der Waals surface area (Å²) in [6.45, 7) is 4.44. The van der Waals surface area contributed by atoms with E-state index < -0.39 is 0 Å². The van der Waals surface area contributed by atoms with Gasteiger partial charge in [0.25, 0.3) is 0 Å². The van der Waals surface area contributed by atoms with Crippen LogP contribution in [0.1, 0.15) is 25.3 Å². The number of nitrogens with zero attached hydrogens (tertiary/aromatic N) is 1. The van der Waals surface area contributed by atoms with Gasteiger partial charge in [0.2, 0.25) is 6.79 Å². The van der Waals surface area contributed by atoms with E-state index in [1.165, 1.54) is 18.4 Å². The first kappa shape index (κ1) is 14.2. The summed E-state index contributed by atoms with van der Waals surface area (Å²) in [7, 11) is 2.22. The van der Waals surface area contributed by atoms with E-state index in [9.17, 15) is 0 Å². The van der Waals surface area contributed by atoms with E-state index in [4.69, 9.17) is 9.47 Å². The number of hydrogen-bond acceptors (Lipinski definition) is 4. The Kier molecular flexibility index (Phi) is 4.19. The monoisotopic (exact) mass is 340 g/mol. The van der Waals surface area contributed by atoms with Crippen molar-refractivity contribution in [3.8, 4) is 11.5 Å². The maximum absolute atomic E-state index is 5.44. The van der Waals surface area contributed by atoms with Crippen LogP contribution in [0.25, 0.3) is 0 Å². The smallest absolute Gasteiger partial charge is 0.231 e. The fraction of sp³-hybridized carbons (Fsp3) is 0.600. The third-order valence-corrected chi connectivity index (χ3v) is 4.66. The molecule has 1 fully saturated rings. The van der Waals surface area contributed by atoms with Crippen LogP contribution in [0.4, 0.5) is 0 Å². The first-order chi connectivity index (χ1) is 9.65. The van der Waals surface area contributed by atoms with Gasteiger partial charge in [0.1, 0.15) is 0 Å². The third-order valence-electron chi connectivity index (χ3n) is 4.07. The quantitative estimate of drug-likeness (QED) is 0.863. The van der Waals surface area contributed by atoms with Gasteiger partial charge < -0.3 is 14.8 Å². The molecule has 1 aliphatic heterocycles. The molecule has 0 spiro atoms. The number of hydrogen-bond donors (Lipinski definition) is 1. The van der Waals surface area contributed by atoms with E-state index in [2.05, 4.69) is 52.3 Å². The van der Waals surface area contributed by atoms with Crippen LogP contribution < -0.4 is 14.8 Å². The van der Waals surface area contributed by atoms with E-state index in [1.54, 1.807) is 0 Å². The molecule has 0 amide bonds. The molecule has 1 saturated carbocycles. The minimum Gasteiger partial charge on any atom is -0.454 e. The Bertz CT molecular complexity index is 491. The molecule has 1 N–H and O–H groups in total. The summed E-state index contributed by atoms with van der Waals surface area (Å²) in [5.74, 6) is 1.65. The Morgan fingerprint density at radius 3 is 2.95 bits per heavy atom. The Labute approximate surface area is 128 Å². The summed E-state index contributed by atoms with van der Waals surface area (Å²) in [5, 5.41) is 3.52. The predicted octanol–water partition coefficient (Wildman–Crippen LogP) is 2.75. The number of ether oxygens (including phenoxy) is 2. The molecule has 1 aromatic carbocycles. The van der Waals surface area contributed by atoms with Crippen molar-refractivity contribution in [3.05, 3.63) is 22.2 Å². The lowest BCUT2D eigenvalue weighted by molar-refractivity contribution is 0.173. The van der Waals surface area contributed by atoms with Crippen molar-refractivity contribution in [1.82, 2.24) is 10.2 Å². The van der Waals surface area contributed by atoms with Crippen LogP contribution in [-0.4, -0.2) is 37.4 Å². The van der Waals surface area contributed by atoms with Crippen molar-refractivity contribution in [2.75, 3.05) is 20.4 Å². The van der Waals surface area contributed by atoms with Gasteiger partial charge in [-0.15, -0.1) is 0 Å². The van der Waals surface area contributed by atoms with Crippen LogP contribution in [0.15, 0.2) is 16.6 Å². The third kappa shape index (κ3) is 3.10. The molecular formula is C15H21BrN2O2. The Hall–Kier alpha value is -0.780. The Morgan fingerprint density at radius 2 is 2.20 bits per heavy atom. The number of nitrogens with one attached hydrogen (secondary N) is 1. The molecule has 1 aromatic rings. The van der Waals surface area contributed by atoms with Crippen LogP contribution in [0.2, 0.25) is 0 Å². The normalized spacial score (nSPS) is 18.6. The van der Waals surface area contributed by atoms with E-state index in [1.807, 2.05) is 0 Å². The summed E-state index contributed by atoms with van der Waals surface area (Å²) in [5.41, 5.74) is 1.21. The summed E-state index contributed by atoms with van der Waals surface area (Å²) in [6, 6.07) is 5.52. The highest BCUT2D eigenvalue weighted by molar-refractivity contribution is 9.10. The topological polar surface area (TPSA) is 33.7 Å². The van der Waals surface area contributed by atoms with Crippen molar-refractivity contribution in [2.45, 2.75) is 38.4 Å². The maximum Gasteiger partial charge on any atom is 0.231 e. The highest BCUT2D eigenvalue weighted by Crippen LogP contribution is 2.39. The zero-order chi connectivity index (χ0) is 14.1. The number of likely N-dealkylation sites (N-methyl/N-ethyl adjacent to an activating group) is 1. The summed E-state index contributed by atoms with van der Waals surface area (Å²) < 4.78 is 11.8. The van der Waals surface area contributed by atoms with Crippen LogP contribution in [-0.2, 0) is 6.54 Å². The summed E-state index contributed by atoms with van der Waals surface area (Å²) in [6.07, 6.45) is 2.71. The van der Waals surface area contributed by atoms with Gasteiger partial charge in [-0.25, -0.2) is 0 Å². The second-order valence-corrected chi connectivity index (χ2v) is 6.54. The van der Waals surface area contributed by atoms with Crippen molar-refractivity contribution in [3.63, 3.8) is 0 Å². The average Bonchev–Trinajstić information content (AvgIpc) is 3.16. The van der Waals surface area contributed by atoms with Gasteiger partial charge in [-0.2, -0.15) is 0 Å². The van der Waals surface area contributed by atoms with Crippen LogP contribution in [0, 0.1) is 0 Å². The average molecular weight is 341 g/mol. The summed E-state index contributed by atoms with van der Waals surface area (Å²) >= 11 is 3.53. The molecular weight excluding hydrogens is 320 g/mol. The number of rotatable bonds is 6. The first-order valence-electron chi connectivity index (χ1n) is 7.16. The van der Waals surface area contributed by atoms with Gasteiger partial charge in [0.15, 0.2) is 11.5 Å². The predicted molar refractivity (Wildman–Crippen MR) is 82.2 cm³/mol. The van der Waals surface area contributed by atoms with Crippen LogP contribution in [0.5, 0.6) is 11.5 Å². The van der Waals surface area contributed by atoms with Gasteiger partial charge in [-0.1, -0.05) is 0 Å². The van der Waals surface area contributed by atoms with Crippen molar-refractivity contribution in [1.29, 1.82) is 0 Å². The lowest BCUT2D eigenvalue weighted by Crippen LogP contribution is -2.38. The van der Waals surface area contributed by atoms with Gasteiger partial charge in [-0.3, -0.25) is 4.90 Å². The summed E-state index contributed by atoms with van der Waals surface area (Å²) in [4.78, 5) is 2.47. The molecule has 1 unspecified atom stereocenters. The molecule has 5 heteroatoms. The minimum absolute atomic E-state index is 0.314. The number of fused-ring (bicyclic) bond motifs is 1. The molecule has 0 aromatic heterocycles. The SMILES string of the molecule is CC(CNCc1cc(Br)c2c(c1)OCO2)N(C)C1CC1. The molecule has 1 aliphatic carbocycles. The molecule has 1 atom stereocenters. The van der Waals surface area contributed by atoms with E-state index in [0.717, 1.165) is 35.1 Å². The van der Waals surface area contributed by atoms with E-state index in [0.29, 0.717) is 12.8 Å². The van der Waals surface area contributed by atoms with Crippen LogP contribution >= 0.6 is 15.9 Å². The van der Waals surface area contributed by atoms with Crippen LogP contribution in [0.3, 0.4) is 0 Å². The zero-order valence-corrected chi connectivity index (χ0v) is 13.6. The highest BCUT2D eigenvalue weighted by atomic mass is 79.9. The van der Waals surface area contributed by atoms with E-state index >= 15 is 0 Å². The van der Waals surface area contributed by atoms with Gasteiger partial charge in [-0.05, 0) is 60.4 Å². The molecule has 0 radical (unpaired) electrons. The lowest BCUT2D eigenvalue weighted by atomic mass is 10.2. The second-order valence-electron chi connectivity index (χ2n) is 5.69. The fourth-order valence-electron chi connectivity index (χ4n) is 2.53. The zero-order valence-electron chi connectivity index (χ0n) is 12.0. The van der Waals surface area contributed by atoms with E-state index in [-0.39, 0.29) is 0 Å². The molecule has 3 rings (SSSR count). The molecule has 2 aliphatic rings. The largest absolute Gasteiger partial charge is 0.454 e. The standard InChI is InChI=1S/C15H21BrN2O2/c1-10(18(2)12-3-4-12)7-17-8-11-5-13(16)15-14(6-11)19-9-20-15/h5-6,10,12,17H,3-4,7-9H2,1-2H3. The lowest BCUT2D eigenvalue weighted by Gasteiger charge is -2.24. The van der Waals surface area contributed by atoms with Gasteiger partial charge >= 0.3 is 0 Å². The van der Waals surface area contributed by atoms with Crippen molar-refractivity contribution in [2.24, 2.45) is 0 Å². The Morgan fingerprint density at radius 1 is 1.40 bits per heavy atom. The Balaban J connectivity index is 1.52. The van der Waals surface area contributed by atoms with Gasteiger partial charge in [0.05, 0.1) is 4.47 Å². The molecule has 0 bridgehead atoms. The molecule has 20 heavy (non-hydrogen) atoms. The van der Waals surface area contributed by atoms with Crippen molar-refractivity contribution < 1.29 is 9.47 Å². The highest BCUT2D eigenvalue weighted by Gasteiger charge is 2.28. The number of halogens is 1. The second kappa shape index (κ2) is 5.92. The first-order valence-corrected chi connectivity index (χ1v) is 7.95. The molecule has 0 saturated heterocycles. The van der Waals surface area contributed by atoms with Gasteiger partial charge in [0, 0.05) is 25.2 Å². The molecule has 4 nitrogen and oxygen atoms in total. The fourth-order valence-corrected chi connectivity index (χ4v) is 3.14. The molecule has 1 heterocycles. The maximum atomic E-state index is 5.44. The minimum atomic E-state index is 0.314. The number of benzene rings is 1.